The summed E-state index contributed by atoms with van der Waals surface area (Å²) < 4.78 is 33.4. The van der Waals surface area contributed by atoms with Gasteiger partial charge < -0.3 is 4.42 Å². The molecule has 6 nitrogen and oxygen atoms in total. The molecule has 2 aliphatic rings. The number of hydrogen-bond acceptors (Lipinski definition) is 6. The van der Waals surface area contributed by atoms with E-state index in [4.69, 9.17) is 19.4 Å². The zero-order valence-electron chi connectivity index (χ0n) is 24.4. The smallest absolute Gasteiger partial charge is 0.186 e. The first-order valence-corrected chi connectivity index (χ1v) is 16.6. The highest BCUT2D eigenvalue weighted by atomic mass is 32.2. The molecule has 46 heavy (non-hydrogen) atoms. The van der Waals surface area contributed by atoms with E-state index in [1.54, 1.807) is 6.08 Å². The van der Waals surface area contributed by atoms with Crippen LogP contribution in [0.1, 0.15) is 11.5 Å². The molecule has 2 unspecified atom stereocenters. The van der Waals surface area contributed by atoms with E-state index in [0.717, 1.165) is 55.3 Å². The lowest BCUT2D eigenvalue weighted by Gasteiger charge is -2.14. The third kappa shape index (κ3) is 4.16. The van der Waals surface area contributed by atoms with Gasteiger partial charge in [-0.3, -0.25) is 0 Å². The van der Waals surface area contributed by atoms with Crippen molar-refractivity contribution < 1.29 is 12.8 Å². The van der Waals surface area contributed by atoms with Crippen LogP contribution in [0, 0.1) is 0 Å². The Morgan fingerprint density at radius 1 is 0.565 bits per heavy atom. The second kappa shape index (κ2) is 10.2. The molecule has 0 saturated carbocycles. The number of allylic oxidation sites excluding steroid dienone is 3. The Hall–Kier alpha value is -5.66. The fourth-order valence-corrected chi connectivity index (χ4v) is 8.72. The minimum Gasteiger partial charge on any atom is -0.456 e. The normalized spacial score (nSPS) is 17.7. The first-order valence-electron chi connectivity index (χ1n) is 15.1. The molecule has 3 heterocycles. The van der Waals surface area contributed by atoms with Gasteiger partial charge in [0, 0.05) is 33.4 Å². The molecule has 7 heteroatoms. The Morgan fingerprint density at radius 3 is 1.93 bits per heavy atom. The quantitative estimate of drug-likeness (QED) is 0.197. The Balaban J connectivity index is 1.22. The minimum absolute atomic E-state index is 0.158. The molecule has 5 aromatic carbocycles. The van der Waals surface area contributed by atoms with E-state index in [-0.39, 0.29) is 5.92 Å². The molecule has 9 rings (SSSR count). The van der Waals surface area contributed by atoms with Gasteiger partial charge in [-0.05, 0) is 47.0 Å². The van der Waals surface area contributed by atoms with E-state index in [1.165, 1.54) is 0 Å². The van der Waals surface area contributed by atoms with Gasteiger partial charge in [-0.25, -0.2) is 23.4 Å². The Morgan fingerprint density at radius 2 is 1.22 bits per heavy atom. The summed E-state index contributed by atoms with van der Waals surface area (Å²) in [4.78, 5) is 15.0. The molecule has 220 valence electrons. The lowest BCUT2D eigenvalue weighted by molar-refractivity contribution is 0.592. The van der Waals surface area contributed by atoms with Gasteiger partial charge >= 0.3 is 0 Å². The summed E-state index contributed by atoms with van der Waals surface area (Å²) >= 11 is 0. The van der Waals surface area contributed by atoms with Crippen molar-refractivity contribution in [3.8, 4) is 45.3 Å². The molecule has 1 aliphatic heterocycles. The van der Waals surface area contributed by atoms with E-state index < -0.39 is 15.1 Å². The van der Waals surface area contributed by atoms with E-state index in [0.29, 0.717) is 22.4 Å². The fourth-order valence-electron chi connectivity index (χ4n) is 6.68. The van der Waals surface area contributed by atoms with Crippen LogP contribution in [-0.4, -0.2) is 28.6 Å². The van der Waals surface area contributed by atoms with Crippen molar-refractivity contribution in [2.75, 3.05) is 0 Å². The minimum atomic E-state index is -3.50. The lowest BCUT2D eigenvalue weighted by atomic mass is 9.90. The summed E-state index contributed by atoms with van der Waals surface area (Å²) in [7, 11) is -3.50. The third-order valence-corrected chi connectivity index (χ3v) is 11.0. The van der Waals surface area contributed by atoms with Crippen LogP contribution in [0.5, 0.6) is 0 Å². The van der Waals surface area contributed by atoms with Crippen LogP contribution in [0.15, 0.2) is 149 Å². The molecule has 0 spiro atoms. The summed E-state index contributed by atoms with van der Waals surface area (Å²) in [6.45, 7) is 0. The first kappa shape index (κ1) is 26.7. The number of hydrogen-bond donors (Lipinski definition) is 0. The van der Waals surface area contributed by atoms with Crippen molar-refractivity contribution in [3.63, 3.8) is 0 Å². The maximum absolute atomic E-state index is 13.6. The Labute approximate surface area is 265 Å². The maximum atomic E-state index is 13.6. The average Bonchev–Trinajstić information content (AvgIpc) is 3.60. The van der Waals surface area contributed by atoms with Gasteiger partial charge in [0.1, 0.15) is 11.2 Å². The van der Waals surface area contributed by atoms with Gasteiger partial charge in [0.2, 0.25) is 0 Å². The summed E-state index contributed by atoms with van der Waals surface area (Å²) in [5.41, 5.74) is 6.64. The van der Waals surface area contributed by atoms with Crippen molar-refractivity contribution in [2.45, 2.75) is 16.1 Å². The molecule has 7 aromatic rings. The monoisotopic (exact) mass is 615 g/mol. The van der Waals surface area contributed by atoms with Crippen molar-refractivity contribution in [1.82, 2.24) is 15.0 Å². The number of furan rings is 1. The number of rotatable bonds is 4. The largest absolute Gasteiger partial charge is 0.456 e. The number of benzene rings is 5. The van der Waals surface area contributed by atoms with Crippen molar-refractivity contribution in [3.05, 3.63) is 145 Å². The molecule has 2 atom stereocenters. The molecule has 0 radical (unpaired) electrons. The van der Waals surface area contributed by atoms with Crippen LogP contribution < -0.4 is 0 Å². The van der Waals surface area contributed by atoms with E-state index in [1.807, 2.05) is 127 Å². The predicted molar refractivity (Wildman–Crippen MR) is 181 cm³/mol. The van der Waals surface area contributed by atoms with E-state index in [2.05, 4.69) is 6.07 Å². The number of aromatic nitrogens is 3. The molecule has 0 bridgehead atoms. The second-order valence-electron chi connectivity index (χ2n) is 11.6. The van der Waals surface area contributed by atoms with Crippen LogP contribution in [0.2, 0.25) is 0 Å². The second-order valence-corrected chi connectivity index (χ2v) is 13.7. The van der Waals surface area contributed by atoms with Gasteiger partial charge in [0.25, 0.3) is 0 Å². The highest BCUT2D eigenvalue weighted by Crippen LogP contribution is 2.46. The van der Waals surface area contributed by atoms with Crippen molar-refractivity contribution >= 4 is 31.8 Å². The molecule has 1 aliphatic carbocycles. The van der Waals surface area contributed by atoms with Crippen molar-refractivity contribution in [2.24, 2.45) is 0 Å². The maximum Gasteiger partial charge on any atom is 0.186 e. The molecule has 0 saturated heterocycles. The Bertz CT molecular complexity index is 2440. The van der Waals surface area contributed by atoms with E-state index in [9.17, 15) is 8.42 Å². The highest BCUT2D eigenvalue weighted by Gasteiger charge is 2.43. The molecular formula is C39H25N3O3S. The van der Waals surface area contributed by atoms with Crippen molar-refractivity contribution in [1.29, 1.82) is 0 Å². The standard InChI is InChI=1S/C39H25N3O3S/c43-46(44)34-17-8-7-14-29(34)30-20-18-26(23-35(30)46)28-15-9-16-33-36(28)31-22-27(19-21-32(31)45-33)39-41-37(24-10-3-1-4-11-24)40-38(42-39)25-12-5-2-6-13-25/h1-23,29,34H. The van der Waals surface area contributed by atoms with Gasteiger partial charge in [-0.15, -0.1) is 0 Å². The molecule has 2 aromatic heterocycles. The van der Waals surface area contributed by atoms with Gasteiger partial charge in [0.15, 0.2) is 27.3 Å². The Kier molecular flexibility index (Phi) is 5.92. The van der Waals surface area contributed by atoms with E-state index >= 15 is 0 Å². The zero-order chi connectivity index (χ0) is 30.8. The van der Waals surface area contributed by atoms with Crippen LogP contribution in [0.3, 0.4) is 0 Å². The number of nitrogens with zero attached hydrogens (tertiary/aromatic N) is 3. The SMILES string of the molecule is O=S1(=O)c2cc(-c3cccc4oc5ccc(-c6nc(-c7ccccc7)nc(-c7ccccc7)n6)cc5c34)ccc2C2C=CC=CC21. The van der Waals surface area contributed by atoms with Gasteiger partial charge in [-0.1, -0.05) is 109 Å². The molecule has 0 amide bonds. The average molecular weight is 616 g/mol. The topological polar surface area (TPSA) is 86.0 Å². The predicted octanol–water partition coefficient (Wildman–Crippen LogP) is 8.80. The first-order chi connectivity index (χ1) is 22.5. The summed E-state index contributed by atoms with van der Waals surface area (Å²) in [5.74, 6) is 1.57. The fraction of sp³-hybridized carbons (Fsp3) is 0.0513. The van der Waals surface area contributed by atoms with Crippen LogP contribution in [0.4, 0.5) is 0 Å². The molecular weight excluding hydrogens is 591 g/mol. The van der Waals surface area contributed by atoms with Crippen LogP contribution in [0.25, 0.3) is 67.2 Å². The third-order valence-electron chi connectivity index (χ3n) is 8.89. The van der Waals surface area contributed by atoms with Gasteiger partial charge in [0.05, 0.1) is 10.1 Å². The zero-order valence-corrected chi connectivity index (χ0v) is 25.2. The number of sulfone groups is 1. The molecule has 0 fully saturated rings. The van der Waals surface area contributed by atoms with Crippen LogP contribution >= 0.6 is 0 Å². The van der Waals surface area contributed by atoms with Crippen LogP contribution in [-0.2, 0) is 9.84 Å². The highest BCUT2D eigenvalue weighted by molar-refractivity contribution is 7.92. The van der Waals surface area contributed by atoms with Gasteiger partial charge in [-0.2, -0.15) is 0 Å². The summed E-state index contributed by atoms with van der Waals surface area (Å²) in [6, 6.07) is 37.5. The number of fused-ring (bicyclic) bond motifs is 6. The molecule has 0 N–H and O–H groups in total. The summed E-state index contributed by atoms with van der Waals surface area (Å²) in [5, 5.41) is 1.25. The summed E-state index contributed by atoms with van der Waals surface area (Å²) in [6.07, 6.45) is 7.51. The lowest BCUT2D eigenvalue weighted by Crippen LogP contribution is -2.18.